The van der Waals surface area contributed by atoms with Crippen molar-refractivity contribution in [2.75, 3.05) is 39.4 Å². The molecular weight excluding hydrogens is 176 g/mol. The van der Waals surface area contributed by atoms with E-state index in [1.165, 1.54) is 45.3 Å². The Hall–Kier alpha value is -0.120. The van der Waals surface area contributed by atoms with Crippen LogP contribution >= 0.6 is 0 Å². The van der Waals surface area contributed by atoms with Crippen molar-refractivity contribution in [3.8, 4) is 0 Å². The zero-order valence-electron chi connectivity index (χ0n) is 9.00. The molecule has 2 fully saturated rings. The van der Waals surface area contributed by atoms with Crippen LogP contribution < -0.4 is 5.32 Å². The van der Waals surface area contributed by atoms with E-state index in [0.29, 0.717) is 0 Å². The molecule has 3 heteroatoms. The summed E-state index contributed by atoms with van der Waals surface area (Å²) in [6.07, 6.45) is 5.29. The number of rotatable bonds is 5. The molecule has 0 spiro atoms. The molecule has 2 rings (SSSR count). The average Bonchev–Trinajstić information content (AvgIpc) is 3.01. The van der Waals surface area contributed by atoms with E-state index in [0.717, 1.165) is 25.8 Å². The summed E-state index contributed by atoms with van der Waals surface area (Å²) in [5, 5.41) is 3.55. The first-order valence-corrected chi connectivity index (χ1v) is 5.98. The highest BCUT2D eigenvalue weighted by Gasteiger charge is 2.19. The molecule has 1 saturated heterocycles. The van der Waals surface area contributed by atoms with Crippen LogP contribution in [0.15, 0.2) is 0 Å². The van der Waals surface area contributed by atoms with E-state index in [9.17, 15) is 0 Å². The molecule has 1 aliphatic heterocycles. The number of nitrogens with zero attached hydrogens (tertiary/aromatic N) is 1. The average molecular weight is 198 g/mol. The molecule has 0 aromatic rings. The van der Waals surface area contributed by atoms with Gasteiger partial charge < -0.3 is 15.0 Å². The lowest BCUT2D eigenvalue weighted by atomic mass is 10.3. The maximum absolute atomic E-state index is 5.42. The Morgan fingerprint density at radius 1 is 1.21 bits per heavy atom. The predicted octanol–water partition coefficient (Wildman–Crippen LogP) is 0.851. The first-order valence-electron chi connectivity index (χ1n) is 5.98. The highest BCUT2D eigenvalue weighted by atomic mass is 16.5. The van der Waals surface area contributed by atoms with E-state index in [1.807, 2.05) is 0 Å². The van der Waals surface area contributed by atoms with Gasteiger partial charge >= 0.3 is 0 Å². The van der Waals surface area contributed by atoms with Gasteiger partial charge in [-0.2, -0.15) is 0 Å². The summed E-state index contributed by atoms with van der Waals surface area (Å²) in [5.41, 5.74) is 0. The van der Waals surface area contributed by atoms with Crippen LogP contribution in [0.5, 0.6) is 0 Å². The fourth-order valence-electron chi connectivity index (χ4n) is 1.92. The lowest BCUT2D eigenvalue weighted by molar-refractivity contribution is 0.141. The number of ether oxygens (including phenoxy) is 1. The minimum Gasteiger partial charge on any atom is -0.380 e. The quantitative estimate of drug-likeness (QED) is 0.663. The summed E-state index contributed by atoms with van der Waals surface area (Å²) in [4.78, 5) is 2.53. The Labute approximate surface area is 86.8 Å². The largest absolute Gasteiger partial charge is 0.380 e. The second-order valence-corrected chi connectivity index (χ2v) is 4.39. The van der Waals surface area contributed by atoms with E-state index >= 15 is 0 Å². The first kappa shape index (κ1) is 10.4. The van der Waals surface area contributed by atoms with Gasteiger partial charge in [0.2, 0.25) is 0 Å². The minimum absolute atomic E-state index is 0.863. The number of nitrogens with one attached hydrogen (secondary N) is 1. The normalized spacial score (nSPS) is 24.9. The smallest absolute Gasteiger partial charge is 0.0593 e. The standard InChI is InChI=1S/C11H22N2O/c1(5-12-11-3-4-11)6-13-7-2-9-14-10-8-13/h11-12H,1-10H2. The zero-order valence-corrected chi connectivity index (χ0v) is 9.00. The molecule has 0 aromatic carbocycles. The Morgan fingerprint density at radius 3 is 3.00 bits per heavy atom. The van der Waals surface area contributed by atoms with E-state index in [2.05, 4.69) is 10.2 Å². The van der Waals surface area contributed by atoms with Crippen molar-refractivity contribution in [3.63, 3.8) is 0 Å². The van der Waals surface area contributed by atoms with Gasteiger partial charge in [-0.25, -0.2) is 0 Å². The molecule has 1 saturated carbocycles. The predicted molar refractivity (Wildman–Crippen MR) is 57.5 cm³/mol. The van der Waals surface area contributed by atoms with Gasteiger partial charge in [-0.1, -0.05) is 0 Å². The Kier molecular flexibility index (Phi) is 4.22. The van der Waals surface area contributed by atoms with Crippen molar-refractivity contribution in [1.82, 2.24) is 10.2 Å². The molecular formula is C11H22N2O. The monoisotopic (exact) mass is 198 g/mol. The van der Waals surface area contributed by atoms with Crippen LogP contribution in [0.4, 0.5) is 0 Å². The van der Waals surface area contributed by atoms with Crippen LogP contribution in [0.25, 0.3) is 0 Å². The third kappa shape index (κ3) is 3.95. The van der Waals surface area contributed by atoms with Gasteiger partial charge in [-0.15, -0.1) is 0 Å². The van der Waals surface area contributed by atoms with Gasteiger partial charge in [0.15, 0.2) is 0 Å². The molecule has 1 heterocycles. The number of hydrogen-bond acceptors (Lipinski definition) is 3. The van der Waals surface area contributed by atoms with Crippen LogP contribution in [0.3, 0.4) is 0 Å². The molecule has 0 unspecified atom stereocenters. The minimum atomic E-state index is 0.863. The highest BCUT2D eigenvalue weighted by molar-refractivity contribution is 4.80. The molecule has 0 radical (unpaired) electrons. The molecule has 2 aliphatic rings. The Bertz CT molecular complexity index is 151. The molecule has 0 aromatic heterocycles. The van der Waals surface area contributed by atoms with Gasteiger partial charge in [0, 0.05) is 25.7 Å². The SMILES string of the molecule is C(CNC1CC1)CN1CCCOCC1. The van der Waals surface area contributed by atoms with Crippen molar-refractivity contribution < 1.29 is 4.74 Å². The van der Waals surface area contributed by atoms with Crippen molar-refractivity contribution in [1.29, 1.82) is 0 Å². The number of hydrogen-bond donors (Lipinski definition) is 1. The van der Waals surface area contributed by atoms with Crippen molar-refractivity contribution in [2.24, 2.45) is 0 Å². The second-order valence-electron chi connectivity index (χ2n) is 4.39. The topological polar surface area (TPSA) is 24.5 Å². The summed E-state index contributed by atoms with van der Waals surface area (Å²) < 4.78 is 5.42. The zero-order chi connectivity index (χ0) is 9.64. The molecule has 82 valence electrons. The van der Waals surface area contributed by atoms with E-state index < -0.39 is 0 Å². The third-order valence-electron chi connectivity index (χ3n) is 2.98. The molecule has 1 N–H and O–H groups in total. The highest BCUT2D eigenvalue weighted by Crippen LogP contribution is 2.18. The van der Waals surface area contributed by atoms with Crippen LogP contribution in [0.1, 0.15) is 25.7 Å². The van der Waals surface area contributed by atoms with Crippen molar-refractivity contribution in [3.05, 3.63) is 0 Å². The van der Waals surface area contributed by atoms with E-state index in [-0.39, 0.29) is 0 Å². The maximum Gasteiger partial charge on any atom is 0.0593 e. The van der Waals surface area contributed by atoms with Gasteiger partial charge in [0.25, 0.3) is 0 Å². The van der Waals surface area contributed by atoms with Crippen LogP contribution in [-0.2, 0) is 4.74 Å². The third-order valence-corrected chi connectivity index (χ3v) is 2.98. The summed E-state index contributed by atoms with van der Waals surface area (Å²) >= 11 is 0. The Balaban J connectivity index is 1.49. The Morgan fingerprint density at radius 2 is 2.14 bits per heavy atom. The lowest BCUT2D eigenvalue weighted by Gasteiger charge is -2.18. The molecule has 3 nitrogen and oxygen atoms in total. The second kappa shape index (κ2) is 5.69. The van der Waals surface area contributed by atoms with E-state index in [4.69, 9.17) is 4.74 Å². The van der Waals surface area contributed by atoms with Crippen molar-refractivity contribution in [2.45, 2.75) is 31.7 Å². The van der Waals surface area contributed by atoms with E-state index in [1.54, 1.807) is 0 Å². The van der Waals surface area contributed by atoms with Gasteiger partial charge in [0.05, 0.1) is 6.61 Å². The van der Waals surface area contributed by atoms with Crippen LogP contribution in [-0.4, -0.2) is 50.3 Å². The summed E-state index contributed by atoms with van der Waals surface area (Å²) in [6.45, 7) is 6.67. The van der Waals surface area contributed by atoms with Crippen molar-refractivity contribution >= 4 is 0 Å². The maximum atomic E-state index is 5.42. The molecule has 0 bridgehead atoms. The van der Waals surface area contributed by atoms with Gasteiger partial charge in [0.1, 0.15) is 0 Å². The molecule has 0 atom stereocenters. The summed E-state index contributed by atoms with van der Waals surface area (Å²) in [7, 11) is 0. The van der Waals surface area contributed by atoms with Crippen LogP contribution in [0, 0.1) is 0 Å². The fraction of sp³-hybridized carbons (Fsp3) is 1.00. The summed E-state index contributed by atoms with van der Waals surface area (Å²) in [6, 6.07) is 0.863. The fourth-order valence-corrected chi connectivity index (χ4v) is 1.92. The summed E-state index contributed by atoms with van der Waals surface area (Å²) in [5.74, 6) is 0. The first-order chi connectivity index (χ1) is 6.95. The van der Waals surface area contributed by atoms with Crippen LogP contribution in [0.2, 0.25) is 0 Å². The lowest BCUT2D eigenvalue weighted by Crippen LogP contribution is -2.30. The van der Waals surface area contributed by atoms with Gasteiger partial charge in [-0.05, 0) is 38.8 Å². The molecule has 0 amide bonds. The molecule has 1 aliphatic carbocycles. The molecule has 14 heavy (non-hydrogen) atoms. The van der Waals surface area contributed by atoms with Gasteiger partial charge in [-0.3, -0.25) is 0 Å².